The standard InChI is InChI=1S/C19H27NO5/c1-19(2,3)25-18(23)20-11-5-6-14(12-20)16(17(21)22)13-7-9-15(24-4)10-8-13/h7-10,14,16H,5-6,11-12H2,1-4H3,(H,21,22). The molecule has 6 nitrogen and oxygen atoms in total. The first-order chi connectivity index (χ1) is 11.7. The van der Waals surface area contributed by atoms with Gasteiger partial charge in [-0.2, -0.15) is 0 Å². The molecule has 1 N–H and O–H groups in total. The van der Waals surface area contributed by atoms with Gasteiger partial charge in [0.25, 0.3) is 0 Å². The van der Waals surface area contributed by atoms with Crippen molar-refractivity contribution in [3.63, 3.8) is 0 Å². The number of carbonyl (C=O) groups excluding carboxylic acids is 1. The number of hydrogen-bond donors (Lipinski definition) is 1. The molecule has 1 aromatic rings. The topological polar surface area (TPSA) is 76.1 Å². The van der Waals surface area contributed by atoms with E-state index >= 15 is 0 Å². The number of nitrogens with zero attached hydrogens (tertiary/aromatic N) is 1. The van der Waals surface area contributed by atoms with Gasteiger partial charge in [-0.3, -0.25) is 4.79 Å². The Bertz CT molecular complexity index is 605. The summed E-state index contributed by atoms with van der Waals surface area (Å²) in [4.78, 5) is 25.8. The highest BCUT2D eigenvalue weighted by Gasteiger charge is 2.35. The number of hydrogen-bond acceptors (Lipinski definition) is 4. The molecule has 138 valence electrons. The Morgan fingerprint density at radius 1 is 1.24 bits per heavy atom. The summed E-state index contributed by atoms with van der Waals surface area (Å²) in [6, 6.07) is 7.09. The Hall–Kier alpha value is -2.24. The average molecular weight is 349 g/mol. The SMILES string of the molecule is COc1ccc(C(C(=O)O)C2CCCN(C(=O)OC(C)(C)C)C2)cc1. The summed E-state index contributed by atoms with van der Waals surface area (Å²) >= 11 is 0. The molecule has 0 aliphatic carbocycles. The molecular weight excluding hydrogens is 322 g/mol. The normalized spacial score (nSPS) is 19.2. The smallest absolute Gasteiger partial charge is 0.410 e. The summed E-state index contributed by atoms with van der Waals surface area (Å²) in [5, 5.41) is 9.75. The molecular formula is C19H27NO5. The fourth-order valence-electron chi connectivity index (χ4n) is 3.20. The van der Waals surface area contributed by atoms with Crippen molar-refractivity contribution in [2.24, 2.45) is 5.92 Å². The molecule has 1 amide bonds. The predicted octanol–water partition coefficient (Wildman–Crippen LogP) is 3.51. The van der Waals surface area contributed by atoms with E-state index in [1.54, 1.807) is 36.3 Å². The maximum absolute atomic E-state index is 12.3. The van der Waals surface area contributed by atoms with Gasteiger partial charge in [-0.25, -0.2) is 4.79 Å². The third-order valence-electron chi connectivity index (χ3n) is 4.32. The summed E-state index contributed by atoms with van der Waals surface area (Å²) in [5.74, 6) is -0.989. The van der Waals surface area contributed by atoms with Crippen LogP contribution >= 0.6 is 0 Å². The second-order valence-electron chi connectivity index (χ2n) is 7.42. The van der Waals surface area contributed by atoms with Crippen LogP contribution in [0.1, 0.15) is 45.1 Å². The van der Waals surface area contributed by atoms with Crippen molar-refractivity contribution in [1.29, 1.82) is 0 Å². The Kier molecular flexibility index (Phi) is 5.93. The lowest BCUT2D eigenvalue weighted by molar-refractivity contribution is -0.140. The van der Waals surface area contributed by atoms with E-state index in [-0.39, 0.29) is 12.0 Å². The summed E-state index contributed by atoms with van der Waals surface area (Å²) < 4.78 is 10.6. The van der Waals surface area contributed by atoms with E-state index in [4.69, 9.17) is 9.47 Å². The van der Waals surface area contributed by atoms with E-state index in [1.165, 1.54) is 0 Å². The molecule has 2 atom stereocenters. The van der Waals surface area contributed by atoms with Crippen molar-refractivity contribution in [3.05, 3.63) is 29.8 Å². The highest BCUT2D eigenvalue weighted by atomic mass is 16.6. The largest absolute Gasteiger partial charge is 0.497 e. The molecule has 25 heavy (non-hydrogen) atoms. The van der Waals surface area contributed by atoms with Crippen LogP contribution < -0.4 is 4.74 Å². The van der Waals surface area contributed by atoms with E-state index < -0.39 is 17.5 Å². The van der Waals surface area contributed by atoms with Crippen molar-refractivity contribution < 1.29 is 24.2 Å². The van der Waals surface area contributed by atoms with Gasteiger partial charge >= 0.3 is 12.1 Å². The number of carboxylic acid groups (broad SMARTS) is 1. The number of aliphatic carboxylic acids is 1. The molecule has 0 saturated carbocycles. The Balaban J connectivity index is 2.15. The molecule has 1 saturated heterocycles. The Morgan fingerprint density at radius 3 is 2.40 bits per heavy atom. The van der Waals surface area contributed by atoms with Gasteiger partial charge < -0.3 is 19.5 Å². The second kappa shape index (κ2) is 7.76. The van der Waals surface area contributed by atoms with E-state index in [1.807, 2.05) is 20.8 Å². The molecule has 1 aliphatic rings. The number of rotatable bonds is 4. The van der Waals surface area contributed by atoms with Crippen LogP contribution in [0.5, 0.6) is 5.75 Å². The number of carboxylic acids is 1. The molecule has 6 heteroatoms. The van der Waals surface area contributed by atoms with Gasteiger partial charge in [0.1, 0.15) is 11.4 Å². The molecule has 2 rings (SSSR count). The molecule has 1 heterocycles. The van der Waals surface area contributed by atoms with Crippen LogP contribution in [-0.2, 0) is 9.53 Å². The molecule has 1 aromatic carbocycles. The van der Waals surface area contributed by atoms with Crippen molar-refractivity contribution >= 4 is 12.1 Å². The van der Waals surface area contributed by atoms with Crippen LogP contribution in [0.4, 0.5) is 4.79 Å². The lowest BCUT2D eigenvalue weighted by Gasteiger charge is -2.36. The number of benzene rings is 1. The number of likely N-dealkylation sites (tertiary alicyclic amines) is 1. The highest BCUT2D eigenvalue weighted by molar-refractivity contribution is 5.77. The molecule has 0 aromatic heterocycles. The van der Waals surface area contributed by atoms with Crippen molar-refractivity contribution in [3.8, 4) is 5.75 Å². The molecule has 2 unspecified atom stereocenters. The molecule has 1 aliphatic heterocycles. The summed E-state index contributed by atoms with van der Waals surface area (Å²) in [5.41, 5.74) is 0.163. The monoisotopic (exact) mass is 349 g/mol. The van der Waals surface area contributed by atoms with Gasteiger partial charge in [0.05, 0.1) is 13.0 Å². The number of carbonyl (C=O) groups is 2. The first-order valence-corrected chi connectivity index (χ1v) is 8.56. The first-order valence-electron chi connectivity index (χ1n) is 8.56. The maximum atomic E-state index is 12.3. The molecule has 0 radical (unpaired) electrons. The van der Waals surface area contributed by atoms with E-state index in [0.717, 1.165) is 18.4 Å². The minimum Gasteiger partial charge on any atom is -0.497 e. The van der Waals surface area contributed by atoms with E-state index in [9.17, 15) is 14.7 Å². The summed E-state index contributed by atoms with van der Waals surface area (Å²) in [6.45, 7) is 6.45. The van der Waals surface area contributed by atoms with Crippen LogP contribution in [0.3, 0.4) is 0 Å². The van der Waals surface area contributed by atoms with Crippen molar-refractivity contribution in [2.45, 2.75) is 45.1 Å². The minimum atomic E-state index is -0.874. The predicted molar refractivity (Wildman–Crippen MR) is 93.9 cm³/mol. The van der Waals surface area contributed by atoms with Gasteiger partial charge in [0, 0.05) is 13.1 Å². The zero-order valence-electron chi connectivity index (χ0n) is 15.3. The van der Waals surface area contributed by atoms with Gasteiger partial charge in [-0.15, -0.1) is 0 Å². The van der Waals surface area contributed by atoms with E-state index in [0.29, 0.717) is 18.8 Å². The lowest BCUT2D eigenvalue weighted by atomic mass is 9.81. The highest BCUT2D eigenvalue weighted by Crippen LogP contribution is 2.33. The van der Waals surface area contributed by atoms with Gasteiger partial charge in [0.15, 0.2) is 0 Å². The van der Waals surface area contributed by atoms with Crippen LogP contribution in [0.25, 0.3) is 0 Å². The van der Waals surface area contributed by atoms with Gasteiger partial charge in [0.2, 0.25) is 0 Å². The van der Waals surface area contributed by atoms with Crippen LogP contribution in [0.2, 0.25) is 0 Å². The van der Waals surface area contributed by atoms with Gasteiger partial charge in [-0.1, -0.05) is 12.1 Å². The quantitative estimate of drug-likeness (QED) is 0.900. The summed E-state index contributed by atoms with van der Waals surface area (Å²) in [6.07, 6.45) is 1.16. The molecule has 1 fully saturated rings. The second-order valence-corrected chi connectivity index (χ2v) is 7.42. The maximum Gasteiger partial charge on any atom is 0.410 e. The van der Waals surface area contributed by atoms with Crippen molar-refractivity contribution in [1.82, 2.24) is 4.90 Å². The van der Waals surface area contributed by atoms with Crippen LogP contribution in [0, 0.1) is 5.92 Å². The minimum absolute atomic E-state index is 0.146. The number of piperidine rings is 1. The molecule has 0 bridgehead atoms. The van der Waals surface area contributed by atoms with E-state index in [2.05, 4.69) is 0 Å². The third-order valence-corrected chi connectivity index (χ3v) is 4.32. The number of methoxy groups -OCH3 is 1. The Labute approximate surface area is 148 Å². The summed E-state index contributed by atoms with van der Waals surface area (Å²) in [7, 11) is 1.57. The van der Waals surface area contributed by atoms with Crippen LogP contribution in [0.15, 0.2) is 24.3 Å². The average Bonchev–Trinajstić information content (AvgIpc) is 2.54. The Morgan fingerprint density at radius 2 is 1.88 bits per heavy atom. The fraction of sp³-hybridized carbons (Fsp3) is 0.579. The number of amides is 1. The lowest BCUT2D eigenvalue weighted by Crippen LogP contribution is -2.45. The first kappa shape index (κ1) is 19.1. The fourth-order valence-corrected chi connectivity index (χ4v) is 3.20. The number of ether oxygens (including phenoxy) is 2. The van der Waals surface area contributed by atoms with Gasteiger partial charge in [-0.05, 0) is 57.2 Å². The molecule has 0 spiro atoms. The zero-order valence-corrected chi connectivity index (χ0v) is 15.3. The van der Waals surface area contributed by atoms with Crippen LogP contribution in [-0.4, -0.2) is 47.9 Å². The zero-order chi connectivity index (χ0) is 18.6. The third kappa shape index (κ3) is 5.11. The van der Waals surface area contributed by atoms with Crippen molar-refractivity contribution in [2.75, 3.05) is 20.2 Å².